The molecule has 7 aromatic rings. The van der Waals surface area contributed by atoms with Gasteiger partial charge in [0.05, 0.1) is 0 Å². The predicted molar refractivity (Wildman–Crippen MR) is 187 cm³/mol. The summed E-state index contributed by atoms with van der Waals surface area (Å²) in [5.41, 5.74) is 9.68. The number of nitrogens with zero attached hydrogens (tertiary/aromatic N) is 2. The maximum absolute atomic E-state index is 3.67. The summed E-state index contributed by atoms with van der Waals surface area (Å²) < 4.78 is 4.82. The smallest absolute Gasteiger partial charge is 0.0494 e. The Morgan fingerprint density at radius 2 is 0.791 bits per heavy atom. The lowest BCUT2D eigenvalue weighted by atomic mass is 10.1. The molecular weight excluding hydrogens is 522 g/mol. The number of hydrogen-bond acceptors (Lipinski definition) is 0. The molecule has 4 aromatic carbocycles. The number of aromatic nitrogens is 3. The number of fused-ring (bicyclic) bond motifs is 6. The summed E-state index contributed by atoms with van der Waals surface area (Å²) in [6, 6.07) is 34.8. The third-order valence-corrected chi connectivity index (χ3v) is 8.31. The van der Waals surface area contributed by atoms with Crippen LogP contribution in [0.4, 0.5) is 0 Å². The van der Waals surface area contributed by atoms with Crippen molar-refractivity contribution < 1.29 is 0 Å². The monoisotopic (exact) mass is 557 g/mol. The fourth-order valence-corrected chi connectivity index (χ4v) is 6.48. The van der Waals surface area contributed by atoms with Gasteiger partial charge in [-0.2, -0.15) is 0 Å². The highest BCUT2D eigenvalue weighted by atomic mass is 15.0. The molecule has 3 heteroatoms. The van der Waals surface area contributed by atoms with Gasteiger partial charge < -0.3 is 14.1 Å². The molecule has 0 spiro atoms. The zero-order chi connectivity index (χ0) is 29.2. The Kier molecular flexibility index (Phi) is 7.14. The number of aromatic amines is 1. The van der Waals surface area contributed by atoms with Gasteiger partial charge in [-0.3, -0.25) is 0 Å². The van der Waals surface area contributed by atoms with Gasteiger partial charge in [-0.1, -0.05) is 109 Å². The Labute approximate surface area is 252 Å². The molecule has 0 saturated carbocycles. The molecule has 0 fully saturated rings. The number of hydrogen-bond donors (Lipinski definition) is 1. The first-order valence-corrected chi connectivity index (χ1v) is 15.0. The lowest BCUT2D eigenvalue weighted by molar-refractivity contribution is 0.902. The largest absolute Gasteiger partial charge is 0.355 e. The first kappa shape index (κ1) is 26.6. The molecule has 0 aliphatic carbocycles. The summed E-state index contributed by atoms with van der Waals surface area (Å²) in [5, 5.41) is 5.19. The molecule has 210 valence electrons. The van der Waals surface area contributed by atoms with Crippen LogP contribution in [0.3, 0.4) is 0 Å². The minimum Gasteiger partial charge on any atom is -0.355 e. The van der Waals surface area contributed by atoms with Crippen molar-refractivity contribution in [3.8, 4) is 0 Å². The van der Waals surface area contributed by atoms with Crippen molar-refractivity contribution in [2.45, 2.75) is 26.9 Å². The van der Waals surface area contributed by atoms with Gasteiger partial charge in [-0.25, -0.2) is 0 Å². The SMILES string of the molecule is C/C=C\c1[nH]c(/C=C\C)c(/C=C\Cn2c3ccccc3c3ccccc32)c1/C=C\Cn1c2ccccc2c2ccccc21. The van der Waals surface area contributed by atoms with Crippen molar-refractivity contribution >= 4 is 67.9 Å². The first-order chi connectivity index (χ1) is 21.3. The molecule has 0 atom stereocenters. The molecule has 0 saturated heterocycles. The van der Waals surface area contributed by atoms with E-state index in [0.29, 0.717) is 0 Å². The van der Waals surface area contributed by atoms with Crippen LogP contribution >= 0.6 is 0 Å². The van der Waals surface area contributed by atoms with E-state index in [2.05, 4.69) is 174 Å². The van der Waals surface area contributed by atoms with Crippen LogP contribution in [0.2, 0.25) is 0 Å². The molecule has 1 N–H and O–H groups in total. The van der Waals surface area contributed by atoms with E-state index in [-0.39, 0.29) is 0 Å². The van der Waals surface area contributed by atoms with Crippen molar-refractivity contribution in [3.63, 3.8) is 0 Å². The summed E-state index contributed by atoms with van der Waals surface area (Å²) in [7, 11) is 0. The third-order valence-electron chi connectivity index (χ3n) is 8.31. The van der Waals surface area contributed by atoms with E-state index < -0.39 is 0 Å². The van der Waals surface area contributed by atoms with Crippen LogP contribution < -0.4 is 0 Å². The predicted octanol–water partition coefficient (Wildman–Crippen LogP) is 10.7. The fraction of sp³-hybridized carbons (Fsp3) is 0.100. The van der Waals surface area contributed by atoms with Crippen molar-refractivity contribution in [2.24, 2.45) is 0 Å². The van der Waals surface area contributed by atoms with Crippen LogP contribution in [0.25, 0.3) is 67.9 Å². The van der Waals surface area contributed by atoms with Crippen molar-refractivity contribution in [3.05, 3.63) is 144 Å². The number of benzene rings is 4. The van der Waals surface area contributed by atoms with Gasteiger partial charge in [-0.05, 0) is 50.3 Å². The van der Waals surface area contributed by atoms with Crippen molar-refractivity contribution in [1.82, 2.24) is 14.1 Å². The van der Waals surface area contributed by atoms with E-state index in [0.717, 1.165) is 24.5 Å². The number of rotatable bonds is 8. The Bertz CT molecular complexity index is 1940. The van der Waals surface area contributed by atoms with Gasteiger partial charge in [0, 0.05) is 79.2 Å². The molecular formula is C40H35N3. The number of nitrogens with one attached hydrogen (secondary N) is 1. The molecule has 0 radical (unpaired) electrons. The minimum atomic E-state index is 0.790. The summed E-state index contributed by atoms with van der Waals surface area (Å²) >= 11 is 0. The van der Waals surface area contributed by atoms with E-state index >= 15 is 0 Å². The number of H-pyrrole nitrogens is 1. The van der Waals surface area contributed by atoms with Gasteiger partial charge in [0.15, 0.2) is 0 Å². The van der Waals surface area contributed by atoms with Crippen LogP contribution in [-0.2, 0) is 13.1 Å². The van der Waals surface area contributed by atoms with E-state index in [9.17, 15) is 0 Å². The van der Waals surface area contributed by atoms with Gasteiger partial charge >= 0.3 is 0 Å². The second-order valence-electron chi connectivity index (χ2n) is 10.9. The lowest BCUT2D eigenvalue weighted by Gasteiger charge is -2.05. The molecule has 0 aliphatic heterocycles. The van der Waals surface area contributed by atoms with Gasteiger partial charge in [-0.15, -0.1) is 0 Å². The Balaban J connectivity index is 1.27. The maximum Gasteiger partial charge on any atom is 0.0494 e. The van der Waals surface area contributed by atoms with Gasteiger partial charge in [0.25, 0.3) is 0 Å². The summed E-state index contributed by atoms with van der Waals surface area (Å²) in [6.07, 6.45) is 17.7. The highest BCUT2D eigenvalue weighted by Crippen LogP contribution is 2.31. The van der Waals surface area contributed by atoms with Crippen LogP contribution in [0.1, 0.15) is 36.4 Å². The van der Waals surface area contributed by atoms with Crippen molar-refractivity contribution in [2.75, 3.05) is 0 Å². The molecule has 3 nitrogen and oxygen atoms in total. The van der Waals surface area contributed by atoms with Crippen molar-refractivity contribution in [1.29, 1.82) is 0 Å². The average molecular weight is 558 g/mol. The zero-order valence-corrected chi connectivity index (χ0v) is 24.7. The highest BCUT2D eigenvalue weighted by Gasteiger charge is 2.13. The van der Waals surface area contributed by atoms with E-state index in [4.69, 9.17) is 0 Å². The van der Waals surface area contributed by atoms with Crippen LogP contribution in [0.5, 0.6) is 0 Å². The van der Waals surface area contributed by atoms with E-state index in [1.807, 2.05) is 0 Å². The standard InChI is InChI=1S/C40H35N3/c1-3-15-35-29(21-13-27-42-37-23-9-5-17-31(37)32-18-6-10-24-38(32)42)30(36(41-35)16-4-2)22-14-28-43-39-25-11-7-19-33(39)34-20-8-12-26-40(34)43/h3-26,41H,27-28H2,1-2H3/b15-3-,16-4-,21-13-,22-14-. The fourth-order valence-electron chi connectivity index (χ4n) is 6.48. The van der Waals surface area contributed by atoms with Crippen LogP contribution in [0, 0.1) is 0 Å². The second kappa shape index (κ2) is 11.5. The molecule has 0 bridgehead atoms. The first-order valence-electron chi connectivity index (χ1n) is 15.0. The number of allylic oxidation sites excluding steroid dienone is 4. The normalized spacial score (nSPS) is 12.7. The maximum atomic E-state index is 3.67. The Hall–Kier alpha value is -5.28. The molecule has 0 unspecified atom stereocenters. The quantitative estimate of drug-likeness (QED) is 0.192. The molecule has 0 aliphatic rings. The molecule has 3 aromatic heterocycles. The van der Waals surface area contributed by atoms with E-state index in [1.54, 1.807) is 0 Å². The zero-order valence-electron chi connectivity index (χ0n) is 24.7. The Morgan fingerprint density at radius 1 is 0.465 bits per heavy atom. The van der Waals surface area contributed by atoms with Gasteiger partial charge in [0.1, 0.15) is 0 Å². The summed E-state index contributed by atoms with van der Waals surface area (Å²) in [4.78, 5) is 3.67. The molecule has 3 heterocycles. The van der Waals surface area contributed by atoms with Crippen LogP contribution in [0.15, 0.2) is 121 Å². The Morgan fingerprint density at radius 3 is 1.12 bits per heavy atom. The van der Waals surface area contributed by atoms with E-state index in [1.165, 1.54) is 54.7 Å². The summed E-state index contributed by atoms with van der Waals surface area (Å²) in [6.45, 7) is 5.72. The third kappa shape index (κ3) is 4.73. The number of para-hydroxylation sites is 4. The minimum absolute atomic E-state index is 0.790. The molecule has 0 amide bonds. The highest BCUT2D eigenvalue weighted by molar-refractivity contribution is 6.09. The average Bonchev–Trinajstić information content (AvgIpc) is 3.66. The molecule has 7 rings (SSSR count). The lowest BCUT2D eigenvalue weighted by Crippen LogP contribution is -1.95. The topological polar surface area (TPSA) is 25.6 Å². The second-order valence-corrected chi connectivity index (χ2v) is 10.9. The van der Waals surface area contributed by atoms with Crippen LogP contribution in [-0.4, -0.2) is 14.1 Å². The summed E-state index contributed by atoms with van der Waals surface area (Å²) in [5.74, 6) is 0. The van der Waals surface area contributed by atoms with Gasteiger partial charge in [0.2, 0.25) is 0 Å². The molecule has 43 heavy (non-hydrogen) atoms.